The number of carboxylic acids is 1. The van der Waals surface area contributed by atoms with Crippen molar-refractivity contribution in [2.45, 2.75) is 19.6 Å². The van der Waals surface area contributed by atoms with E-state index in [9.17, 15) is 22.8 Å². The zero-order valence-electron chi connectivity index (χ0n) is 15.1. The van der Waals surface area contributed by atoms with E-state index in [0.717, 1.165) is 17.0 Å². The molecule has 0 aliphatic carbocycles. The number of halogens is 3. The minimum Gasteiger partial charge on any atom is -0.478 e. The van der Waals surface area contributed by atoms with Crippen LogP contribution in [0.15, 0.2) is 54.1 Å². The van der Waals surface area contributed by atoms with E-state index in [-0.39, 0.29) is 27.6 Å². The Balaban J connectivity index is 2.25. The van der Waals surface area contributed by atoms with E-state index in [1.165, 1.54) is 49.4 Å². The SMILES string of the molecule is C/C(=C/c1ccc(C(=O)O)cc1)C(=O)N(Cc1cccc(C(F)(F)F)c1)C(=S)S. The first kappa shape index (κ1) is 22.6. The summed E-state index contributed by atoms with van der Waals surface area (Å²) < 4.78 is 38.6. The average molecular weight is 439 g/mol. The number of carbonyl (C=O) groups is 2. The van der Waals surface area contributed by atoms with Crippen LogP contribution in [0, 0.1) is 0 Å². The molecule has 0 saturated carbocycles. The van der Waals surface area contributed by atoms with E-state index in [0.29, 0.717) is 5.56 Å². The van der Waals surface area contributed by atoms with Gasteiger partial charge in [-0.3, -0.25) is 9.69 Å². The molecule has 9 heteroatoms. The third-order valence-corrected chi connectivity index (χ3v) is 4.41. The van der Waals surface area contributed by atoms with Gasteiger partial charge in [0.2, 0.25) is 0 Å². The molecule has 0 fully saturated rings. The Bertz CT molecular complexity index is 970. The number of aromatic carboxylic acids is 1. The highest BCUT2D eigenvalue weighted by Gasteiger charge is 2.30. The van der Waals surface area contributed by atoms with Crippen molar-refractivity contribution < 1.29 is 27.9 Å². The van der Waals surface area contributed by atoms with Gasteiger partial charge in [0.25, 0.3) is 5.91 Å². The van der Waals surface area contributed by atoms with E-state index in [4.69, 9.17) is 17.3 Å². The number of carbonyl (C=O) groups excluding carboxylic acids is 1. The van der Waals surface area contributed by atoms with Gasteiger partial charge >= 0.3 is 12.1 Å². The fourth-order valence-corrected chi connectivity index (χ4v) is 2.81. The lowest BCUT2D eigenvalue weighted by Gasteiger charge is -2.21. The Labute approximate surface area is 176 Å². The molecule has 4 nitrogen and oxygen atoms in total. The molecule has 2 aromatic rings. The van der Waals surface area contributed by atoms with Crippen molar-refractivity contribution >= 4 is 47.1 Å². The number of thiocarbonyl (C=S) groups is 1. The van der Waals surface area contributed by atoms with Gasteiger partial charge in [-0.15, -0.1) is 12.6 Å². The van der Waals surface area contributed by atoms with Crippen LogP contribution in [0.25, 0.3) is 6.08 Å². The highest BCUT2D eigenvalue weighted by molar-refractivity contribution is 8.11. The van der Waals surface area contributed by atoms with Crippen molar-refractivity contribution in [1.82, 2.24) is 4.90 Å². The van der Waals surface area contributed by atoms with Gasteiger partial charge in [-0.1, -0.05) is 36.5 Å². The number of rotatable bonds is 5. The van der Waals surface area contributed by atoms with Crippen LogP contribution in [-0.4, -0.2) is 26.2 Å². The number of nitrogens with zero attached hydrogens (tertiary/aromatic N) is 1. The first-order chi connectivity index (χ1) is 13.5. The highest BCUT2D eigenvalue weighted by Crippen LogP contribution is 2.30. The van der Waals surface area contributed by atoms with Gasteiger partial charge in [0.15, 0.2) is 0 Å². The van der Waals surface area contributed by atoms with Crippen molar-refractivity contribution in [3.05, 3.63) is 76.4 Å². The Kier molecular flexibility index (Phi) is 7.21. The van der Waals surface area contributed by atoms with Crippen LogP contribution in [0.2, 0.25) is 0 Å². The van der Waals surface area contributed by atoms with Gasteiger partial charge in [0.05, 0.1) is 17.7 Å². The van der Waals surface area contributed by atoms with Gasteiger partial charge < -0.3 is 5.11 Å². The predicted molar refractivity (Wildman–Crippen MR) is 111 cm³/mol. The normalized spacial score (nSPS) is 11.8. The van der Waals surface area contributed by atoms with E-state index in [2.05, 4.69) is 12.6 Å². The number of hydrogen-bond donors (Lipinski definition) is 2. The minimum absolute atomic E-state index is 0.0820. The van der Waals surface area contributed by atoms with Crippen LogP contribution >= 0.6 is 24.8 Å². The molecule has 1 amide bonds. The molecule has 0 spiro atoms. The summed E-state index contributed by atoms with van der Waals surface area (Å²) in [6.45, 7) is 1.35. The molecule has 1 N–H and O–H groups in total. The third-order valence-electron chi connectivity index (χ3n) is 3.95. The quantitative estimate of drug-likeness (QED) is 0.389. The average Bonchev–Trinajstić information content (AvgIpc) is 2.65. The largest absolute Gasteiger partial charge is 0.478 e. The molecule has 0 bridgehead atoms. The second-order valence-electron chi connectivity index (χ2n) is 6.13. The highest BCUT2D eigenvalue weighted by atomic mass is 32.1. The van der Waals surface area contributed by atoms with Gasteiger partial charge in [-0.2, -0.15) is 13.2 Å². The molecule has 0 aliphatic heterocycles. The fourth-order valence-electron chi connectivity index (χ4n) is 2.50. The Morgan fingerprint density at radius 3 is 2.31 bits per heavy atom. The molecule has 0 aliphatic rings. The van der Waals surface area contributed by atoms with Crippen molar-refractivity contribution in [1.29, 1.82) is 0 Å². The molecule has 29 heavy (non-hydrogen) atoms. The summed E-state index contributed by atoms with van der Waals surface area (Å²) in [5, 5.41) is 8.92. The molecule has 0 saturated heterocycles. The number of alkyl halides is 3. The van der Waals surface area contributed by atoms with E-state index >= 15 is 0 Å². The second kappa shape index (κ2) is 9.23. The zero-order valence-corrected chi connectivity index (χ0v) is 16.8. The molecule has 0 radical (unpaired) electrons. The molecule has 2 rings (SSSR count). The van der Waals surface area contributed by atoms with Gasteiger partial charge in [0.1, 0.15) is 4.32 Å². The zero-order chi connectivity index (χ0) is 21.8. The van der Waals surface area contributed by atoms with Crippen molar-refractivity contribution in [3.63, 3.8) is 0 Å². The summed E-state index contributed by atoms with van der Waals surface area (Å²) >= 11 is 9.01. The fraction of sp³-hybridized carbons (Fsp3) is 0.150. The summed E-state index contributed by atoms with van der Waals surface area (Å²) in [6, 6.07) is 10.5. The van der Waals surface area contributed by atoms with E-state index < -0.39 is 23.6 Å². The van der Waals surface area contributed by atoms with E-state index in [1.54, 1.807) is 0 Å². The second-order valence-corrected chi connectivity index (χ2v) is 7.24. The molecular weight excluding hydrogens is 423 g/mol. The van der Waals surface area contributed by atoms with Gasteiger partial charge in [0, 0.05) is 5.57 Å². The maximum atomic E-state index is 12.9. The van der Waals surface area contributed by atoms with Crippen molar-refractivity contribution in [2.24, 2.45) is 0 Å². The van der Waals surface area contributed by atoms with Crippen LogP contribution < -0.4 is 0 Å². The van der Waals surface area contributed by atoms with Gasteiger partial charge in [-0.25, -0.2) is 4.79 Å². The Morgan fingerprint density at radius 2 is 1.79 bits per heavy atom. The number of carboxylic acid groups (broad SMARTS) is 1. The lowest BCUT2D eigenvalue weighted by atomic mass is 10.1. The standard InChI is InChI=1S/C20H16F3NO3S2/c1-12(9-13-5-7-15(8-6-13)18(26)27)17(25)24(19(28)29)11-14-3-2-4-16(10-14)20(21,22)23/h2-10H,11H2,1H3,(H,26,27)(H,28,29)/b12-9-. The maximum absolute atomic E-state index is 12.9. The molecule has 2 aromatic carbocycles. The summed E-state index contributed by atoms with van der Waals surface area (Å²) in [6.07, 6.45) is -2.97. The summed E-state index contributed by atoms with van der Waals surface area (Å²) in [5.41, 5.74) is 0.386. The maximum Gasteiger partial charge on any atom is 0.416 e. The Hall–Kier alpha value is -2.65. The third kappa shape index (κ3) is 6.16. The summed E-state index contributed by atoms with van der Waals surface area (Å²) in [5.74, 6) is -1.59. The van der Waals surface area contributed by atoms with Crippen LogP contribution in [0.5, 0.6) is 0 Å². The number of thiol groups is 1. The Morgan fingerprint density at radius 1 is 1.17 bits per heavy atom. The monoisotopic (exact) mass is 439 g/mol. The lowest BCUT2D eigenvalue weighted by Crippen LogP contribution is -2.33. The topological polar surface area (TPSA) is 57.6 Å². The number of benzene rings is 2. The predicted octanol–water partition coefficient (Wildman–Crippen LogP) is 5.05. The minimum atomic E-state index is -4.50. The van der Waals surface area contributed by atoms with E-state index in [1.807, 2.05) is 0 Å². The first-order valence-electron chi connectivity index (χ1n) is 8.21. The van der Waals surface area contributed by atoms with Gasteiger partial charge in [-0.05, 0) is 48.4 Å². The summed E-state index contributed by atoms with van der Waals surface area (Å²) in [4.78, 5) is 24.7. The number of amides is 1. The van der Waals surface area contributed by atoms with Crippen LogP contribution in [0.1, 0.15) is 34.0 Å². The number of hydrogen-bond acceptors (Lipinski definition) is 3. The first-order valence-corrected chi connectivity index (χ1v) is 9.07. The molecule has 0 heterocycles. The summed E-state index contributed by atoms with van der Waals surface area (Å²) in [7, 11) is 0. The lowest BCUT2D eigenvalue weighted by molar-refractivity contribution is -0.137. The van der Waals surface area contributed by atoms with Crippen molar-refractivity contribution in [2.75, 3.05) is 0 Å². The van der Waals surface area contributed by atoms with Crippen LogP contribution in [0.4, 0.5) is 13.2 Å². The molecule has 152 valence electrons. The molecule has 0 atom stereocenters. The van der Waals surface area contributed by atoms with Crippen LogP contribution in [0.3, 0.4) is 0 Å². The van der Waals surface area contributed by atoms with Crippen LogP contribution in [-0.2, 0) is 17.5 Å². The molecule has 0 unspecified atom stereocenters. The molecular formula is C20H16F3NO3S2. The molecule has 0 aromatic heterocycles. The smallest absolute Gasteiger partial charge is 0.416 e. The van der Waals surface area contributed by atoms with Crippen molar-refractivity contribution in [3.8, 4) is 0 Å².